The van der Waals surface area contributed by atoms with Crippen molar-refractivity contribution < 1.29 is 0 Å². The van der Waals surface area contributed by atoms with Crippen LogP contribution in [0.2, 0.25) is 0 Å². The van der Waals surface area contributed by atoms with Crippen molar-refractivity contribution >= 4 is 33.9 Å². The first-order chi connectivity index (χ1) is 6.13. The number of allylic oxidation sites excluding steroid dienone is 1. The van der Waals surface area contributed by atoms with E-state index in [2.05, 4.69) is 59.3 Å². The number of nitrogens with one attached hydrogen (secondary N) is 1. The highest BCUT2D eigenvalue weighted by atomic mass is 127. The minimum absolute atomic E-state index is 0.366. The molecule has 1 nitrogen and oxygen atoms in total. The first-order valence-corrected chi connectivity index (χ1v) is 6.15. The monoisotopic (exact) mass is 307 g/mol. The van der Waals surface area contributed by atoms with Gasteiger partial charge in [0.15, 0.2) is 0 Å². The molecule has 1 unspecified atom stereocenters. The van der Waals surface area contributed by atoms with E-state index in [-0.39, 0.29) is 0 Å². The number of thiophene rings is 1. The molecular formula is C10H14INS. The van der Waals surface area contributed by atoms with Crippen LogP contribution in [0.3, 0.4) is 0 Å². The lowest BCUT2D eigenvalue weighted by atomic mass is 10.1. The van der Waals surface area contributed by atoms with E-state index in [1.54, 1.807) is 11.3 Å². The maximum absolute atomic E-state index is 3.29. The summed E-state index contributed by atoms with van der Waals surface area (Å²) in [5.74, 6) is 0. The molecule has 0 aliphatic heterocycles. The van der Waals surface area contributed by atoms with Gasteiger partial charge in [0, 0.05) is 0 Å². The molecular weight excluding hydrogens is 293 g/mol. The highest BCUT2D eigenvalue weighted by Crippen LogP contribution is 2.23. The van der Waals surface area contributed by atoms with Gasteiger partial charge in [-0.15, -0.1) is 11.3 Å². The van der Waals surface area contributed by atoms with Crippen LogP contribution in [-0.4, -0.2) is 7.05 Å². The van der Waals surface area contributed by atoms with Crippen LogP contribution >= 0.6 is 33.9 Å². The summed E-state index contributed by atoms with van der Waals surface area (Å²) in [5.41, 5.74) is 2.71. The van der Waals surface area contributed by atoms with Crippen molar-refractivity contribution in [3.05, 3.63) is 31.5 Å². The molecule has 0 aliphatic rings. The Balaban J connectivity index is 2.84. The van der Waals surface area contributed by atoms with E-state index in [1.165, 1.54) is 14.0 Å². The second-order valence-corrected chi connectivity index (χ2v) is 6.00. The lowest BCUT2D eigenvalue weighted by molar-refractivity contribution is 0.712. The Bertz CT molecular complexity index is 300. The molecule has 0 spiro atoms. The van der Waals surface area contributed by atoms with Gasteiger partial charge in [-0.25, -0.2) is 0 Å². The molecule has 0 bridgehead atoms. The molecule has 0 saturated carbocycles. The van der Waals surface area contributed by atoms with Crippen LogP contribution in [0, 0.1) is 2.88 Å². The van der Waals surface area contributed by atoms with Crippen molar-refractivity contribution in [1.29, 1.82) is 0 Å². The summed E-state index contributed by atoms with van der Waals surface area (Å²) in [6.45, 7) is 4.25. The summed E-state index contributed by atoms with van der Waals surface area (Å²) in [6.07, 6.45) is 2.25. The summed E-state index contributed by atoms with van der Waals surface area (Å²) in [5, 5.41) is 5.50. The average Bonchev–Trinajstić information content (AvgIpc) is 2.47. The zero-order valence-electron chi connectivity index (χ0n) is 8.10. The van der Waals surface area contributed by atoms with Crippen LogP contribution in [0.1, 0.15) is 25.5 Å². The predicted octanol–water partition coefficient (Wildman–Crippen LogP) is 3.58. The predicted molar refractivity (Wildman–Crippen MR) is 68.3 cm³/mol. The van der Waals surface area contributed by atoms with E-state index in [9.17, 15) is 0 Å². The Kier molecular flexibility index (Phi) is 4.41. The lowest BCUT2D eigenvalue weighted by Gasteiger charge is -2.10. The molecule has 1 rings (SSSR count). The number of hydrogen-bond acceptors (Lipinski definition) is 2. The first kappa shape index (κ1) is 11.2. The molecule has 1 aromatic rings. The molecule has 0 aromatic carbocycles. The Labute approximate surface area is 97.4 Å². The van der Waals surface area contributed by atoms with Gasteiger partial charge in [-0.3, -0.25) is 0 Å². The Hall–Kier alpha value is 0.130. The minimum atomic E-state index is 0.366. The lowest BCUT2D eigenvalue weighted by Crippen LogP contribution is -2.13. The van der Waals surface area contributed by atoms with Crippen LogP contribution in [0.15, 0.2) is 23.1 Å². The zero-order chi connectivity index (χ0) is 9.84. The molecule has 3 heteroatoms. The second-order valence-electron chi connectivity index (χ2n) is 3.19. The van der Waals surface area contributed by atoms with Gasteiger partial charge in [0.25, 0.3) is 0 Å². The van der Waals surface area contributed by atoms with Gasteiger partial charge in [-0.1, -0.05) is 11.6 Å². The van der Waals surface area contributed by atoms with Crippen molar-refractivity contribution in [2.75, 3.05) is 7.05 Å². The van der Waals surface area contributed by atoms with E-state index in [1.807, 2.05) is 7.05 Å². The number of rotatable bonds is 3. The van der Waals surface area contributed by atoms with Crippen molar-refractivity contribution in [3.63, 3.8) is 0 Å². The van der Waals surface area contributed by atoms with Gasteiger partial charge < -0.3 is 5.32 Å². The molecule has 1 N–H and O–H groups in total. The highest BCUT2D eigenvalue weighted by molar-refractivity contribution is 14.1. The normalized spacial score (nSPS) is 12.6. The van der Waals surface area contributed by atoms with Crippen LogP contribution in [-0.2, 0) is 0 Å². The highest BCUT2D eigenvalue weighted by Gasteiger charge is 2.07. The van der Waals surface area contributed by atoms with Crippen LogP contribution in [0.25, 0.3) is 0 Å². The number of halogens is 1. The number of hydrogen-bond donors (Lipinski definition) is 1. The van der Waals surface area contributed by atoms with Crippen LogP contribution in [0.4, 0.5) is 0 Å². The standard InChI is InChI=1S/C10H14INS/c1-7(2)4-9(12-3)8-5-10(11)13-6-8/h4-6,9,12H,1-3H3. The van der Waals surface area contributed by atoms with E-state index in [4.69, 9.17) is 0 Å². The molecule has 0 radical (unpaired) electrons. The molecule has 0 aliphatic carbocycles. The molecule has 0 amide bonds. The molecule has 0 saturated heterocycles. The molecule has 1 aromatic heterocycles. The number of likely N-dealkylation sites (N-methyl/N-ethyl adjacent to an activating group) is 1. The Morgan fingerprint density at radius 2 is 2.31 bits per heavy atom. The van der Waals surface area contributed by atoms with Crippen molar-refractivity contribution in [2.45, 2.75) is 19.9 Å². The Morgan fingerprint density at radius 1 is 1.62 bits per heavy atom. The third-order valence-corrected chi connectivity index (χ3v) is 3.57. The summed E-state index contributed by atoms with van der Waals surface area (Å²) in [7, 11) is 1.99. The van der Waals surface area contributed by atoms with Gasteiger partial charge in [0.2, 0.25) is 0 Å². The van der Waals surface area contributed by atoms with E-state index in [0.717, 1.165) is 0 Å². The molecule has 1 atom stereocenters. The van der Waals surface area contributed by atoms with Crippen LogP contribution < -0.4 is 5.32 Å². The van der Waals surface area contributed by atoms with Crippen LogP contribution in [0.5, 0.6) is 0 Å². The zero-order valence-corrected chi connectivity index (χ0v) is 11.1. The van der Waals surface area contributed by atoms with Gasteiger partial charge in [-0.2, -0.15) is 0 Å². The van der Waals surface area contributed by atoms with Gasteiger partial charge >= 0.3 is 0 Å². The van der Waals surface area contributed by atoms with Crippen molar-refractivity contribution in [1.82, 2.24) is 5.32 Å². The molecule has 0 fully saturated rings. The second kappa shape index (κ2) is 5.12. The average molecular weight is 307 g/mol. The van der Waals surface area contributed by atoms with Crippen molar-refractivity contribution in [3.8, 4) is 0 Å². The summed E-state index contributed by atoms with van der Waals surface area (Å²) < 4.78 is 1.34. The fourth-order valence-corrected chi connectivity index (χ4v) is 2.57. The summed E-state index contributed by atoms with van der Waals surface area (Å²) in [6, 6.07) is 2.59. The maximum atomic E-state index is 3.29. The third kappa shape index (κ3) is 3.40. The maximum Gasteiger partial charge on any atom is 0.0656 e. The quantitative estimate of drug-likeness (QED) is 0.665. The minimum Gasteiger partial charge on any atom is -0.310 e. The Morgan fingerprint density at radius 3 is 2.69 bits per heavy atom. The van der Waals surface area contributed by atoms with E-state index in [0.29, 0.717) is 6.04 Å². The van der Waals surface area contributed by atoms with Gasteiger partial charge in [-0.05, 0) is 60.5 Å². The first-order valence-electron chi connectivity index (χ1n) is 4.19. The SMILES string of the molecule is CNC(C=C(C)C)c1csc(I)c1. The molecule has 13 heavy (non-hydrogen) atoms. The largest absolute Gasteiger partial charge is 0.310 e. The van der Waals surface area contributed by atoms with Gasteiger partial charge in [0.05, 0.1) is 8.93 Å². The van der Waals surface area contributed by atoms with E-state index < -0.39 is 0 Å². The molecule has 72 valence electrons. The van der Waals surface area contributed by atoms with E-state index >= 15 is 0 Å². The fraction of sp³-hybridized carbons (Fsp3) is 0.400. The summed E-state index contributed by atoms with van der Waals surface area (Å²) >= 11 is 4.15. The third-order valence-electron chi connectivity index (χ3n) is 1.76. The van der Waals surface area contributed by atoms with Gasteiger partial charge in [0.1, 0.15) is 0 Å². The van der Waals surface area contributed by atoms with Crippen molar-refractivity contribution in [2.24, 2.45) is 0 Å². The smallest absolute Gasteiger partial charge is 0.0656 e. The topological polar surface area (TPSA) is 12.0 Å². The fourth-order valence-electron chi connectivity index (χ4n) is 1.17. The molecule has 1 heterocycles. The summed E-state index contributed by atoms with van der Waals surface area (Å²) in [4.78, 5) is 0.